The number of para-hydroxylation sites is 1. The topological polar surface area (TPSA) is 118 Å². The van der Waals surface area contributed by atoms with Crippen LogP contribution >= 0.6 is 15.9 Å². The average molecular weight is 647 g/mol. The van der Waals surface area contributed by atoms with Crippen LogP contribution < -0.4 is 19.8 Å². The van der Waals surface area contributed by atoms with Crippen molar-refractivity contribution in [1.29, 1.82) is 0 Å². The van der Waals surface area contributed by atoms with Gasteiger partial charge in [0.15, 0.2) is 23.9 Å². The molecule has 1 aliphatic rings. The number of hydrogen-bond donors (Lipinski definition) is 0. The normalized spacial score (nSPS) is 13.6. The monoisotopic (exact) mass is 646 g/mol. The number of hydrogen-bond acceptors (Lipinski definition) is 9. The summed E-state index contributed by atoms with van der Waals surface area (Å²) >= 11 is 3.49. The minimum Gasteiger partial charge on any atom is -0.496 e. The Labute approximate surface area is 254 Å². The standard InChI is InChI=1S/C31H27BrN4O7/c1-39-24-8-5-9-25-22(24)16-27(43-25)30-34-23-7-4-3-6-21(23)31(38)36(30)33-17-19-14-20(32)15-26(40-2)29(19)42-18-28(37)35-10-12-41-13-11-35/h3-9,14-17H,10-13,18H2,1-2H3. The molecule has 3 aromatic carbocycles. The Kier molecular flexibility index (Phi) is 8.12. The van der Waals surface area contributed by atoms with Crippen LogP contribution in [-0.2, 0) is 9.53 Å². The second kappa shape index (κ2) is 12.3. The fourth-order valence-electron chi connectivity index (χ4n) is 4.86. The van der Waals surface area contributed by atoms with Gasteiger partial charge in [-0.2, -0.15) is 9.78 Å². The van der Waals surface area contributed by atoms with Crippen LogP contribution in [0.4, 0.5) is 0 Å². The molecule has 0 N–H and O–H groups in total. The maximum Gasteiger partial charge on any atom is 0.282 e. The summed E-state index contributed by atoms with van der Waals surface area (Å²) in [7, 11) is 3.08. The van der Waals surface area contributed by atoms with E-state index in [1.807, 2.05) is 24.3 Å². The fourth-order valence-corrected chi connectivity index (χ4v) is 5.32. The summed E-state index contributed by atoms with van der Waals surface area (Å²) in [6.45, 7) is 1.77. The molecular formula is C31H27BrN4O7. The highest BCUT2D eigenvalue weighted by molar-refractivity contribution is 9.10. The van der Waals surface area contributed by atoms with Gasteiger partial charge in [0.2, 0.25) is 5.82 Å². The Hall–Kier alpha value is -4.68. The molecule has 0 radical (unpaired) electrons. The number of morpholine rings is 1. The number of carbonyl (C=O) groups is 1. The van der Waals surface area contributed by atoms with Crippen LogP contribution in [0.3, 0.4) is 0 Å². The number of fused-ring (bicyclic) bond motifs is 2. The summed E-state index contributed by atoms with van der Waals surface area (Å²) in [6.07, 6.45) is 1.46. The van der Waals surface area contributed by atoms with E-state index < -0.39 is 5.56 Å². The van der Waals surface area contributed by atoms with E-state index in [1.165, 1.54) is 18.0 Å². The van der Waals surface area contributed by atoms with Crippen LogP contribution in [0.2, 0.25) is 0 Å². The number of amides is 1. The van der Waals surface area contributed by atoms with Crippen molar-refractivity contribution in [2.75, 3.05) is 47.1 Å². The first kappa shape index (κ1) is 28.4. The molecule has 220 valence electrons. The van der Waals surface area contributed by atoms with Crippen molar-refractivity contribution in [3.63, 3.8) is 0 Å². The molecule has 0 atom stereocenters. The third-order valence-corrected chi connectivity index (χ3v) is 7.46. The van der Waals surface area contributed by atoms with E-state index in [0.717, 1.165) is 5.39 Å². The second-order valence-corrected chi connectivity index (χ2v) is 10.5. The number of rotatable bonds is 8. The van der Waals surface area contributed by atoms with Gasteiger partial charge >= 0.3 is 0 Å². The smallest absolute Gasteiger partial charge is 0.282 e. The average Bonchev–Trinajstić information content (AvgIpc) is 3.48. The van der Waals surface area contributed by atoms with Gasteiger partial charge in [0.25, 0.3) is 11.5 Å². The molecule has 2 aromatic heterocycles. The van der Waals surface area contributed by atoms with Gasteiger partial charge < -0.3 is 28.3 Å². The zero-order valence-electron chi connectivity index (χ0n) is 23.4. The molecule has 5 aromatic rings. The molecule has 0 saturated carbocycles. The van der Waals surface area contributed by atoms with Gasteiger partial charge in [-0.05, 0) is 42.5 Å². The molecule has 0 aliphatic carbocycles. The van der Waals surface area contributed by atoms with Crippen LogP contribution in [-0.4, -0.2) is 73.8 Å². The van der Waals surface area contributed by atoms with Gasteiger partial charge in [0.1, 0.15) is 11.3 Å². The molecule has 3 heterocycles. The lowest BCUT2D eigenvalue weighted by molar-refractivity contribution is -0.137. The number of halogens is 1. The van der Waals surface area contributed by atoms with E-state index in [9.17, 15) is 9.59 Å². The summed E-state index contributed by atoms with van der Waals surface area (Å²) < 4.78 is 30.4. The van der Waals surface area contributed by atoms with Gasteiger partial charge in [-0.1, -0.05) is 34.1 Å². The van der Waals surface area contributed by atoms with Crippen molar-refractivity contribution < 1.29 is 28.2 Å². The number of nitrogens with zero attached hydrogens (tertiary/aromatic N) is 4. The molecule has 0 bridgehead atoms. The number of methoxy groups -OCH3 is 2. The van der Waals surface area contributed by atoms with E-state index in [2.05, 4.69) is 21.0 Å². The lowest BCUT2D eigenvalue weighted by Gasteiger charge is -2.27. The Bertz CT molecular complexity index is 1910. The maximum atomic E-state index is 13.8. The Balaban J connectivity index is 1.44. The van der Waals surface area contributed by atoms with Crippen LogP contribution in [0.25, 0.3) is 33.5 Å². The molecule has 1 saturated heterocycles. The van der Waals surface area contributed by atoms with E-state index in [-0.39, 0.29) is 18.3 Å². The Morgan fingerprint density at radius 2 is 1.81 bits per heavy atom. The summed E-state index contributed by atoms with van der Waals surface area (Å²) in [6, 6.07) is 17.7. The highest BCUT2D eigenvalue weighted by Gasteiger charge is 2.21. The van der Waals surface area contributed by atoms with Crippen molar-refractivity contribution in [2.45, 2.75) is 0 Å². The first-order valence-electron chi connectivity index (χ1n) is 13.5. The van der Waals surface area contributed by atoms with Crippen molar-refractivity contribution in [2.24, 2.45) is 5.10 Å². The van der Waals surface area contributed by atoms with Crippen molar-refractivity contribution in [3.8, 4) is 28.8 Å². The first-order valence-corrected chi connectivity index (χ1v) is 14.2. The summed E-state index contributed by atoms with van der Waals surface area (Å²) in [4.78, 5) is 33.0. The third kappa shape index (κ3) is 5.71. The van der Waals surface area contributed by atoms with Gasteiger partial charge in [-0.3, -0.25) is 9.59 Å². The minimum atomic E-state index is -0.392. The molecule has 12 heteroatoms. The minimum absolute atomic E-state index is 0.172. The van der Waals surface area contributed by atoms with Gasteiger partial charge in [0, 0.05) is 23.1 Å². The van der Waals surface area contributed by atoms with Crippen LogP contribution in [0.15, 0.2) is 79.4 Å². The van der Waals surface area contributed by atoms with Crippen LogP contribution in [0.5, 0.6) is 17.2 Å². The molecule has 43 heavy (non-hydrogen) atoms. The van der Waals surface area contributed by atoms with Gasteiger partial charge in [0.05, 0.1) is 49.9 Å². The molecule has 1 fully saturated rings. The zero-order valence-corrected chi connectivity index (χ0v) is 25.0. The number of benzene rings is 3. The van der Waals surface area contributed by atoms with Crippen molar-refractivity contribution >= 4 is 49.9 Å². The number of furan rings is 1. The maximum absolute atomic E-state index is 13.8. The van der Waals surface area contributed by atoms with Crippen molar-refractivity contribution in [3.05, 3.63) is 81.1 Å². The van der Waals surface area contributed by atoms with Gasteiger partial charge in [-0.15, -0.1) is 0 Å². The Morgan fingerprint density at radius 3 is 2.60 bits per heavy atom. The number of aromatic nitrogens is 2. The predicted molar refractivity (Wildman–Crippen MR) is 164 cm³/mol. The highest BCUT2D eigenvalue weighted by atomic mass is 79.9. The quantitative estimate of drug-likeness (QED) is 0.223. The summed E-state index contributed by atoms with van der Waals surface area (Å²) in [5.74, 6) is 1.67. The van der Waals surface area contributed by atoms with Crippen LogP contribution in [0.1, 0.15) is 5.56 Å². The lowest BCUT2D eigenvalue weighted by Crippen LogP contribution is -2.43. The SMILES string of the molecule is COc1cc(Br)cc(C=Nn2c(-c3cc4c(OC)cccc4o3)nc3ccccc3c2=O)c1OCC(=O)N1CCOCC1. The largest absolute Gasteiger partial charge is 0.496 e. The zero-order chi connectivity index (χ0) is 29.9. The molecule has 0 unspecified atom stereocenters. The van der Waals surface area contributed by atoms with Crippen molar-refractivity contribution in [1.82, 2.24) is 14.6 Å². The molecule has 0 spiro atoms. The molecule has 6 rings (SSSR count). The highest BCUT2D eigenvalue weighted by Crippen LogP contribution is 2.35. The van der Waals surface area contributed by atoms with E-state index >= 15 is 0 Å². The second-order valence-electron chi connectivity index (χ2n) is 9.61. The Morgan fingerprint density at radius 1 is 1.02 bits per heavy atom. The van der Waals surface area contributed by atoms with Crippen LogP contribution in [0, 0.1) is 0 Å². The van der Waals surface area contributed by atoms with E-state index in [1.54, 1.807) is 48.4 Å². The first-order chi connectivity index (χ1) is 21.0. The molecule has 1 aliphatic heterocycles. The number of carbonyl (C=O) groups excluding carboxylic acids is 1. The molecule has 1 amide bonds. The molecular weight excluding hydrogens is 620 g/mol. The summed E-state index contributed by atoms with van der Waals surface area (Å²) in [5, 5.41) is 5.68. The molecule has 11 nitrogen and oxygen atoms in total. The van der Waals surface area contributed by atoms with Gasteiger partial charge in [-0.25, -0.2) is 4.98 Å². The fraction of sp³-hybridized carbons (Fsp3) is 0.226. The van der Waals surface area contributed by atoms with E-state index in [0.29, 0.717) is 75.8 Å². The third-order valence-electron chi connectivity index (χ3n) is 7.00. The summed E-state index contributed by atoms with van der Waals surface area (Å²) in [5.41, 5.74) is 1.15. The lowest BCUT2D eigenvalue weighted by atomic mass is 10.2. The predicted octanol–water partition coefficient (Wildman–Crippen LogP) is 4.71. The number of ether oxygens (including phenoxy) is 4. The van der Waals surface area contributed by atoms with E-state index in [4.69, 9.17) is 28.3 Å².